The van der Waals surface area contributed by atoms with Crippen molar-refractivity contribution in [1.82, 2.24) is 15.4 Å². The molecular weight excluding hydrogens is 382 g/mol. The SMILES string of the molecule is CCC(C)N(CCNC(=O)c1noc2c1COc1ccc(C)cc1-2)Cc1ccco1. The van der Waals surface area contributed by atoms with E-state index in [-0.39, 0.29) is 12.5 Å². The third kappa shape index (κ3) is 4.11. The predicted molar refractivity (Wildman–Crippen MR) is 112 cm³/mol. The van der Waals surface area contributed by atoms with E-state index in [9.17, 15) is 4.79 Å². The van der Waals surface area contributed by atoms with E-state index in [1.807, 2.05) is 37.3 Å². The molecule has 0 spiro atoms. The van der Waals surface area contributed by atoms with Gasteiger partial charge in [-0.15, -0.1) is 0 Å². The summed E-state index contributed by atoms with van der Waals surface area (Å²) in [5, 5.41) is 7.01. The fourth-order valence-electron chi connectivity index (χ4n) is 3.64. The van der Waals surface area contributed by atoms with Crippen LogP contribution < -0.4 is 10.1 Å². The summed E-state index contributed by atoms with van der Waals surface area (Å²) in [6.07, 6.45) is 2.70. The molecule has 3 heterocycles. The average molecular weight is 409 g/mol. The van der Waals surface area contributed by atoms with Crippen molar-refractivity contribution in [2.45, 2.75) is 46.4 Å². The van der Waals surface area contributed by atoms with Gasteiger partial charge in [0.2, 0.25) is 0 Å². The number of benzene rings is 1. The number of carbonyl (C=O) groups excluding carboxylic acids is 1. The van der Waals surface area contributed by atoms with E-state index in [4.69, 9.17) is 13.7 Å². The second-order valence-electron chi connectivity index (χ2n) is 7.69. The molecule has 1 N–H and O–H groups in total. The summed E-state index contributed by atoms with van der Waals surface area (Å²) in [4.78, 5) is 15.1. The number of furan rings is 1. The summed E-state index contributed by atoms with van der Waals surface area (Å²) in [6.45, 7) is 8.53. The molecule has 1 aromatic carbocycles. The largest absolute Gasteiger partial charge is 0.488 e. The molecule has 0 fully saturated rings. The maximum absolute atomic E-state index is 12.8. The molecule has 3 aromatic rings. The second kappa shape index (κ2) is 8.75. The van der Waals surface area contributed by atoms with E-state index in [1.165, 1.54) is 0 Å². The molecule has 158 valence electrons. The molecule has 0 bridgehead atoms. The zero-order chi connectivity index (χ0) is 21.1. The summed E-state index contributed by atoms with van der Waals surface area (Å²) in [6, 6.07) is 10.1. The smallest absolute Gasteiger partial charge is 0.273 e. The van der Waals surface area contributed by atoms with Crippen LogP contribution in [0.4, 0.5) is 0 Å². The van der Waals surface area contributed by atoms with Gasteiger partial charge in [0.1, 0.15) is 18.1 Å². The highest BCUT2D eigenvalue weighted by molar-refractivity contribution is 5.95. The fourth-order valence-corrected chi connectivity index (χ4v) is 3.64. The summed E-state index contributed by atoms with van der Waals surface area (Å²) < 4.78 is 16.8. The van der Waals surface area contributed by atoms with Crippen LogP contribution in [0, 0.1) is 6.92 Å². The first-order chi connectivity index (χ1) is 14.6. The van der Waals surface area contributed by atoms with Gasteiger partial charge in [-0.05, 0) is 44.5 Å². The first-order valence-corrected chi connectivity index (χ1v) is 10.3. The average Bonchev–Trinajstić information content (AvgIpc) is 3.42. The van der Waals surface area contributed by atoms with Crippen LogP contribution in [0.25, 0.3) is 11.3 Å². The van der Waals surface area contributed by atoms with Crippen LogP contribution in [-0.4, -0.2) is 35.1 Å². The Kier molecular flexibility index (Phi) is 5.90. The Balaban J connectivity index is 1.41. The van der Waals surface area contributed by atoms with Crippen molar-refractivity contribution in [1.29, 1.82) is 0 Å². The van der Waals surface area contributed by atoms with Crippen molar-refractivity contribution in [2.24, 2.45) is 0 Å². The van der Waals surface area contributed by atoms with Gasteiger partial charge in [-0.3, -0.25) is 9.69 Å². The van der Waals surface area contributed by atoms with Crippen molar-refractivity contribution < 1.29 is 18.5 Å². The lowest BCUT2D eigenvalue weighted by atomic mass is 10.0. The maximum Gasteiger partial charge on any atom is 0.273 e. The molecule has 0 saturated heterocycles. The molecule has 1 aliphatic heterocycles. The predicted octanol–water partition coefficient (Wildman–Crippen LogP) is 4.17. The van der Waals surface area contributed by atoms with Crippen molar-refractivity contribution in [3.05, 3.63) is 59.2 Å². The van der Waals surface area contributed by atoms with Crippen molar-refractivity contribution >= 4 is 5.91 Å². The van der Waals surface area contributed by atoms with Crippen LogP contribution in [0.3, 0.4) is 0 Å². The molecule has 1 atom stereocenters. The minimum atomic E-state index is -0.248. The Morgan fingerprint density at radius 1 is 1.33 bits per heavy atom. The number of aromatic nitrogens is 1. The van der Waals surface area contributed by atoms with E-state index in [2.05, 4.69) is 29.2 Å². The van der Waals surface area contributed by atoms with Crippen molar-refractivity contribution in [3.8, 4) is 17.1 Å². The number of aryl methyl sites for hydroxylation is 1. The summed E-state index contributed by atoms with van der Waals surface area (Å²) in [7, 11) is 0. The van der Waals surface area contributed by atoms with Crippen LogP contribution >= 0.6 is 0 Å². The third-order valence-electron chi connectivity index (χ3n) is 5.59. The van der Waals surface area contributed by atoms with Crippen LogP contribution in [0.2, 0.25) is 0 Å². The quantitative estimate of drug-likeness (QED) is 0.602. The van der Waals surface area contributed by atoms with Crippen LogP contribution in [0.5, 0.6) is 5.75 Å². The lowest BCUT2D eigenvalue weighted by molar-refractivity contribution is 0.0930. The highest BCUT2D eigenvalue weighted by Gasteiger charge is 2.29. The van der Waals surface area contributed by atoms with Gasteiger partial charge in [0, 0.05) is 19.1 Å². The molecule has 1 aliphatic rings. The van der Waals surface area contributed by atoms with Gasteiger partial charge in [-0.2, -0.15) is 0 Å². The number of rotatable bonds is 8. The number of carbonyl (C=O) groups is 1. The van der Waals surface area contributed by atoms with Crippen molar-refractivity contribution in [2.75, 3.05) is 13.1 Å². The molecule has 2 aromatic heterocycles. The number of fused-ring (bicyclic) bond motifs is 3. The van der Waals surface area contributed by atoms with Gasteiger partial charge in [-0.1, -0.05) is 23.7 Å². The molecule has 7 heteroatoms. The number of hydrogen-bond acceptors (Lipinski definition) is 6. The monoisotopic (exact) mass is 409 g/mol. The Labute approximate surface area is 176 Å². The normalized spacial score (nSPS) is 13.5. The first-order valence-electron chi connectivity index (χ1n) is 10.3. The molecule has 0 saturated carbocycles. The highest BCUT2D eigenvalue weighted by atomic mass is 16.5. The molecule has 0 radical (unpaired) electrons. The Hall–Kier alpha value is -3.06. The summed E-state index contributed by atoms with van der Waals surface area (Å²) in [5.74, 6) is 2.03. The Morgan fingerprint density at radius 3 is 2.97 bits per heavy atom. The van der Waals surface area contributed by atoms with Crippen molar-refractivity contribution in [3.63, 3.8) is 0 Å². The molecule has 1 unspecified atom stereocenters. The summed E-state index contributed by atoms with van der Waals surface area (Å²) >= 11 is 0. The minimum absolute atomic E-state index is 0.248. The highest BCUT2D eigenvalue weighted by Crippen LogP contribution is 2.39. The second-order valence-corrected chi connectivity index (χ2v) is 7.69. The Bertz CT molecular complexity index is 1010. The first kappa shape index (κ1) is 20.2. The third-order valence-corrected chi connectivity index (χ3v) is 5.59. The minimum Gasteiger partial charge on any atom is -0.488 e. The van der Waals surface area contributed by atoms with E-state index in [0.717, 1.165) is 29.1 Å². The van der Waals surface area contributed by atoms with Gasteiger partial charge < -0.3 is 19.0 Å². The number of nitrogens with one attached hydrogen (secondary N) is 1. The van der Waals surface area contributed by atoms with Crippen LogP contribution in [0.15, 0.2) is 45.5 Å². The van der Waals surface area contributed by atoms with E-state index in [0.29, 0.717) is 42.7 Å². The van der Waals surface area contributed by atoms with Gasteiger partial charge in [0.25, 0.3) is 5.91 Å². The van der Waals surface area contributed by atoms with E-state index < -0.39 is 0 Å². The number of hydrogen-bond donors (Lipinski definition) is 1. The zero-order valence-electron chi connectivity index (χ0n) is 17.6. The summed E-state index contributed by atoms with van der Waals surface area (Å²) in [5.41, 5.74) is 2.91. The Morgan fingerprint density at radius 2 is 2.20 bits per heavy atom. The van der Waals surface area contributed by atoms with Gasteiger partial charge in [0.05, 0.1) is 23.9 Å². The number of amides is 1. The number of ether oxygens (including phenoxy) is 1. The fraction of sp³-hybridized carbons (Fsp3) is 0.391. The van der Waals surface area contributed by atoms with Crippen LogP contribution in [-0.2, 0) is 13.2 Å². The van der Waals surface area contributed by atoms with Gasteiger partial charge in [0.15, 0.2) is 11.5 Å². The topological polar surface area (TPSA) is 80.7 Å². The van der Waals surface area contributed by atoms with Gasteiger partial charge in [-0.25, -0.2) is 0 Å². The molecular formula is C23H27N3O4. The van der Waals surface area contributed by atoms with E-state index >= 15 is 0 Å². The molecule has 0 aliphatic carbocycles. The standard InChI is InChI=1S/C23H27N3O4/c1-4-16(3)26(13-17-6-5-11-28-17)10-9-24-23(27)21-19-14-29-20-8-7-15(2)12-18(20)22(19)30-25-21/h5-8,11-12,16H,4,9-10,13-14H2,1-3H3,(H,24,27). The lowest BCUT2D eigenvalue weighted by Gasteiger charge is -2.27. The molecule has 1 amide bonds. The van der Waals surface area contributed by atoms with E-state index in [1.54, 1.807) is 6.26 Å². The maximum atomic E-state index is 12.8. The number of nitrogens with zero attached hydrogens (tertiary/aromatic N) is 2. The lowest BCUT2D eigenvalue weighted by Crippen LogP contribution is -2.39. The van der Waals surface area contributed by atoms with Gasteiger partial charge >= 0.3 is 0 Å². The molecule has 30 heavy (non-hydrogen) atoms. The molecule has 4 rings (SSSR count). The molecule has 7 nitrogen and oxygen atoms in total. The zero-order valence-corrected chi connectivity index (χ0v) is 17.6. The van der Waals surface area contributed by atoms with Crippen LogP contribution in [0.1, 0.15) is 47.6 Å².